The van der Waals surface area contributed by atoms with E-state index in [9.17, 15) is 18.3 Å². The van der Waals surface area contributed by atoms with Crippen LogP contribution in [0.15, 0.2) is 64.0 Å². The van der Waals surface area contributed by atoms with Gasteiger partial charge in [0.15, 0.2) is 0 Å². The van der Waals surface area contributed by atoms with Crippen LogP contribution in [0, 0.1) is 0 Å². The second kappa shape index (κ2) is 7.19. The number of aromatic hydroxyl groups is 1. The molecule has 146 valence electrons. The second-order valence-electron chi connectivity index (χ2n) is 7.46. The maximum absolute atomic E-state index is 13.2. The monoisotopic (exact) mass is 387 g/mol. The zero-order chi connectivity index (χ0) is 20.5. The summed E-state index contributed by atoms with van der Waals surface area (Å²) in [5, 5.41) is 10.0. The Hall–Kier alpha value is -3.02. The minimum absolute atomic E-state index is 0.0125. The zero-order valence-electron chi connectivity index (χ0n) is 15.7. The molecule has 0 fully saturated rings. The summed E-state index contributed by atoms with van der Waals surface area (Å²) in [4.78, 5) is 4.24. The first-order valence-corrected chi connectivity index (χ1v) is 8.70. The van der Waals surface area contributed by atoms with Crippen LogP contribution >= 0.6 is 0 Å². The van der Waals surface area contributed by atoms with Gasteiger partial charge in [-0.2, -0.15) is 13.2 Å². The van der Waals surface area contributed by atoms with Gasteiger partial charge in [-0.1, -0.05) is 45.0 Å². The van der Waals surface area contributed by atoms with Crippen LogP contribution in [0.2, 0.25) is 0 Å². The quantitative estimate of drug-likeness (QED) is 0.507. The van der Waals surface area contributed by atoms with Gasteiger partial charge in [0.25, 0.3) is 0 Å². The van der Waals surface area contributed by atoms with E-state index in [1.54, 1.807) is 12.1 Å². The fraction of sp³-hybridized carbons (Fsp3) is 0.227. The van der Waals surface area contributed by atoms with E-state index in [4.69, 9.17) is 4.42 Å². The molecule has 3 aromatic rings. The number of phenols is 1. The highest BCUT2D eigenvalue weighted by Gasteiger charge is 2.34. The van der Waals surface area contributed by atoms with Gasteiger partial charge in [-0.3, -0.25) is 0 Å². The lowest BCUT2D eigenvalue weighted by atomic mass is 9.87. The van der Waals surface area contributed by atoms with Crippen molar-refractivity contribution < 1.29 is 22.7 Å². The highest BCUT2D eigenvalue weighted by molar-refractivity contribution is 5.81. The third kappa shape index (κ3) is 4.27. The van der Waals surface area contributed by atoms with E-state index in [0.29, 0.717) is 5.69 Å². The van der Waals surface area contributed by atoms with E-state index in [2.05, 4.69) is 4.99 Å². The van der Waals surface area contributed by atoms with Crippen LogP contribution in [0.4, 0.5) is 18.9 Å². The Morgan fingerprint density at radius 3 is 2.36 bits per heavy atom. The van der Waals surface area contributed by atoms with Crippen molar-refractivity contribution in [1.82, 2.24) is 0 Å². The molecule has 0 aliphatic rings. The summed E-state index contributed by atoms with van der Waals surface area (Å²) in [5.41, 5.74) is 0.449. The third-order valence-electron chi connectivity index (χ3n) is 4.30. The first kappa shape index (κ1) is 19.7. The molecule has 1 heterocycles. The van der Waals surface area contributed by atoms with Gasteiger partial charge in [-0.25, -0.2) is 4.99 Å². The molecule has 0 bridgehead atoms. The maximum atomic E-state index is 13.2. The topological polar surface area (TPSA) is 45.7 Å². The normalized spacial score (nSPS) is 12.6. The van der Waals surface area contributed by atoms with Crippen molar-refractivity contribution in [3.8, 4) is 17.1 Å². The molecule has 0 spiro atoms. The summed E-state index contributed by atoms with van der Waals surface area (Å²) in [6.07, 6.45) is -3.10. The molecule has 1 N–H and O–H groups in total. The van der Waals surface area contributed by atoms with Gasteiger partial charge in [-0.05, 0) is 41.3 Å². The number of nitrogens with zero attached hydrogens (tertiary/aromatic N) is 1. The van der Waals surface area contributed by atoms with E-state index in [1.807, 2.05) is 26.8 Å². The highest BCUT2D eigenvalue weighted by atomic mass is 19.4. The number of phenolic OH excluding ortho intramolecular Hbond substituents is 1. The largest absolute Gasteiger partial charge is 0.506 e. The molecular weight excluding hydrogens is 367 g/mol. The van der Waals surface area contributed by atoms with Crippen LogP contribution in [0.3, 0.4) is 0 Å². The Bertz CT molecular complexity index is 1010. The van der Waals surface area contributed by atoms with Gasteiger partial charge in [0.2, 0.25) is 0 Å². The number of hydrogen-bond donors (Lipinski definition) is 1. The lowest BCUT2D eigenvalue weighted by Crippen LogP contribution is -2.10. The molecule has 0 unspecified atom stereocenters. The zero-order valence-corrected chi connectivity index (χ0v) is 15.7. The summed E-state index contributed by atoms with van der Waals surface area (Å²) in [6, 6.07) is 13.4. The minimum atomic E-state index is -4.48. The number of halogens is 3. The molecule has 0 saturated heterocycles. The summed E-state index contributed by atoms with van der Waals surface area (Å²) in [6.45, 7) is 6.14. The maximum Gasteiger partial charge on any atom is 0.417 e. The Labute approximate surface area is 161 Å². The third-order valence-corrected chi connectivity index (χ3v) is 4.30. The molecule has 0 radical (unpaired) electrons. The van der Waals surface area contributed by atoms with Crippen molar-refractivity contribution in [3.05, 3.63) is 71.5 Å². The van der Waals surface area contributed by atoms with Gasteiger partial charge in [-0.15, -0.1) is 0 Å². The van der Waals surface area contributed by atoms with Crippen LogP contribution in [0.25, 0.3) is 11.3 Å². The van der Waals surface area contributed by atoms with E-state index < -0.39 is 11.7 Å². The average Bonchev–Trinajstić information content (AvgIpc) is 3.08. The first-order valence-electron chi connectivity index (χ1n) is 8.70. The van der Waals surface area contributed by atoms with Crippen molar-refractivity contribution in [2.75, 3.05) is 0 Å². The molecule has 0 aliphatic heterocycles. The van der Waals surface area contributed by atoms with Crippen molar-refractivity contribution >= 4 is 11.9 Å². The molecule has 28 heavy (non-hydrogen) atoms. The number of benzene rings is 2. The van der Waals surface area contributed by atoms with Crippen molar-refractivity contribution in [2.24, 2.45) is 4.99 Å². The lowest BCUT2D eigenvalue weighted by Gasteiger charge is -2.19. The van der Waals surface area contributed by atoms with Crippen molar-refractivity contribution in [3.63, 3.8) is 0 Å². The van der Waals surface area contributed by atoms with Crippen LogP contribution in [0.1, 0.15) is 37.7 Å². The van der Waals surface area contributed by atoms with E-state index >= 15 is 0 Å². The summed E-state index contributed by atoms with van der Waals surface area (Å²) < 4.78 is 45.1. The van der Waals surface area contributed by atoms with Crippen LogP contribution in [-0.4, -0.2) is 11.3 Å². The molecule has 0 atom stereocenters. The SMILES string of the molecule is CC(C)(C)c1ccc(O)c(N=Cc2ccc(-c3ccccc3C(F)(F)F)o2)c1. The van der Waals surface area contributed by atoms with Gasteiger partial charge in [0, 0.05) is 5.56 Å². The molecule has 6 heteroatoms. The summed E-state index contributed by atoms with van der Waals surface area (Å²) in [7, 11) is 0. The van der Waals surface area contributed by atoms with E-state index in [0.717, 1.165) is 11.6 Å². The van der Waals surface area contributed by atoms with Crippen LogP contribution in [-0.2, 0) is 11.6 Å². The molecule has 3 nitrogen and oxygen atoms in total. The van der Waals surface area contributed by atoms with Gasteiger partial charge < -0.3 is 9.52 Å². The second-order valence-corrected chi connectivity index (χ2v) is 7.46. The number of alkyl halides is 3. The average molecular weight is 387 g/mol. The van der Waals surface area contributed by atoms with E-state index in [-0.39, 0.29) is 28.2 Å². The standard InChI is InChI=1S/C22H20F3NO2/c1-21(2,3)14-8-10-19(27)18(12-14)26-13-15-9-11-20(28-15)16-6-4-5-7-17(16)22(23,24)25/h4-13,27H,1-3H3. The fourth-order valence-corrected chi connectivity index (χ4v) is 2.74. The van der Waals surface area contributed by atoms with Gasteiger partial charge in [0.1, 0.15) is 23.0 Å². The van der Waals surface area contributed by atoms with Crippen LogP contribution < -0.4 is 0 Å². The van der Waals surface area contributed by atoms with E-state index in [1.165, 1.54) is 36.5 Å². The van der Waals surface area contributed by atoms with Gasteiger partial charge >= 0.3 is 6.18 Å². The Morgan fingerprint density at radius 2 is 1.68 bits per heavy atom. The predicted octanol–water partition coefficient (Wildman–Crippen LogP) is 6.72. The fourth-order valence-electron chi connectivity index (χ4n) is 2.74. The minimum Gasteiger partial charge on any atom is -0.506 e. The molecular formula is C22H20F3NO2. The summed E-state index contributed by atoms with van der Waals surface area (Å²) >= 11 is 0. The van der Waals surface area contributed by atoms with Crippen molar-refractivity contribution in [2.45, 2.75) is 32.4 Å². The summed E-state index contributed by atoms with van der Waals surface area (Å²) in [5.74, 6) is 0.396. The Morgan fingerprint density at radius 1 is 0.964 bits per heavy atom. The molecule has 0 amide bonds. The first-order chi connectivity index (χ1) is 13.1. The number of rotatable bonds is 3. The molecule has 1 aromatic heterocycles. The Kier molecular flexibility index (Phi) is 5.06. The highest BCUT2D eigenvalue weighted by Crippen LogP contribution is 2.37. The molecule has 0 saturated carbocycles. The van der Waals surface area contributed by atoms with Crippen LogP contribution in [0.5, 0.6) is 5.75 Å². The smallest absolute Gasteiger partial charge is 0.417 e. The number of furan rings is 1. The predicted molar refractivity (Wildman–Crippen MR) is 103 cm³/mol. The number of hydrogen-bond acceptors (Lipinski definition) is 3. The Balaban J connectivity index is 1.91. The van der Waals surface area contributed by atoms with Crippen molar-refractivity contribution in [1.29, 1.82) is 0 Å². The van der Waals surface area contributed by atoms with Gasteiger partial charge in [0.05, 0.1) is 11.8 Å². The molecule has 3 rings (SSSR count). The molecule has 2 aromatic carbocycles. The molecule has 0 aliphatic carbocycles. The number of aliphatic imine (C=N–C) groups is 1. The lowest BCUT2D eigenvalue weighted by molar-refractivity contribution is -0.137.